The third-order valence-corrected chi connectivity index (χ3v) is 6.69. The van der Waals surface area contributed by atoms with Crippen LogP contribution in [-0.2, 0) is 6.42 Å². The second-order valence-electron chi connectivity index (χ2n) is 8.84. The maximum absolute atomic E-state index is 5.10. The summed E-state index contributed by atoms with van der Waals surface area (Å²) in [7, 11) is 0. The Hall–Kier alpha value is -4.51. The van der Waals surface area contributed by atoms with E-state index in [0.29, 0.717) is 11.9 Å². The fourth-order valence-corrected chi connectivity index (χ4v) is 5.21. The van der Waals surface area contributed by atoms with Crippen molar-refractivity contribution in [3.05, 3.63) is 103 Å². The van der Waals surface area contributed by atoms with Crippen molar-refractivity contribution in [3.8, 4) is 11.9 Å². The molecule has 5 heteroatoms. The van der Waals surface area contributed by atoms with Crippen LogP contribution in [0.1, 0.15) is 19.2 Å². The Labute approximate surface area is 202 Å². The Morgan fingerprint density at radius 1 is 0.486 bits per heavy atom. The summed E-state index contributed by atoms with van der Waals surface area (Å²) < 4.78 is 4.34. The molecule has 0 aliphatic carbocycles. The molecule has 0 N–H and O–H groups in total. The Balaban J connectivity index is 1.59. The standard InChI is InChI=1S/C30H23N5/c1-2-11-28-31-29(34-24-16-7-3-12-20(24)21-13-4-8-17-25(21)34)33-30(32-28)35-26-18-9-5-14-22(26)23-15-6-10-19-27(23)35/h3-10,12-19H,2,11H2,1H3. The molecule has 0 spiro atoms. The van der Waals surface area contributed by atoms with Crippen molar-refractivity contribution < 1.29 is 0 Å². The second-order valence-corrected chi connectivity index (χ2v) is 8.84. The fraction of sp³-hybridized carbons (Fsp3) is 0.100. The van der Waals surface area contributed by atoms with Crippen LogP contribution in [0, 0.1) is 0 Å². The number of aryl methyl sites for hydroxylation is 1. The van der Waals surface area contributed by atoms with Crippen LogP contribution in [-0.4, -0.2) is 24.1 Å². The molecule has 0 unspecified atom stereocenters. The number of hydrogen-bond donors (Lipinski definition) is 0. The summed E-state index contributed by atoms with van der Waals surface area (Å²) in [5.41, 5.74) is 4.37. The normalized spacial score (nSPS) is 11.8. The van der Waals surface area contributed by atoms with Gasteiger partial charge in [0.15, 0.2) is 0 Å². The first-order valence-electron chi connectivity index (χ1n) is 12.1. The molecule has 0 amide bonds. The molecule has 0 fully saturated rings. The van der Waals surface area contributed by atoms with Crippen LogP contribution in [0.3, 0.4) is 0 Å². The summed E-state index contributed by atoms with van der Waals surface area (Å²) in [5.74, 6) is 2.10. The molecule has 0 aliphatic rings. The predicted octanol–water partition coefficient (Wildman–Crippen LogP) is 7.02. The molecule has 0 aliphatic heterocycles. The van der Waals surface area contributed by atoms with Gasteiger partial charge in [-0.05, 0) is 30.7 Å². The highest BCUT2D eigenvalue weighted by Gasteiger charge is 2.19. The van der Waals surface area contributed by atoms with Gasteiger partial charge in [0.1, 0.15) is 5.82 Å². The predicted molar refractivity (Wildman–Crippen MR) is 142 cm³/mol. The Morgan fingerprint density at radius 3 is 1.17 bits per heavy atom. The van der Waals surface area contributed by atoms with Gasteiger partial charge in [0, 0.05) is 28.0 Å². The first-order valence-corrected chi connectivity index (χ1v) is 12.1. The van der Waals surface area contributed by atoms with Crippen molar-refractivity contribution in [3.63, 3.8) is 0 Å². The van der Waals surface area contributed by atoms with Crippen LogP contribution < -0.4 is 0 Å². The zero-order valence-corrected chi connectivity index (χ0v) is 19.4. The molecule has 7 aromatic rings. The minimum Gasteiger partial charge on any atom is -0.278 e. The number of aromatic nitrogens is 5. The van der Waals surface area contributed by atoms with Crippen molar-refractivity contribution in [2.75, 3.05) is 0 Å². The second kappa shape index (κ2) is 7.77. The van der Waals surface area contributed by atoms with Gasteiger partial charge in [-0.25, -0.2) is 0 Å². The van der Waals surface area contributed by atoms with E-state index in [4.69, 9.17) is 15.0 Å². The highest BCUT2D eigenvalue weighted by atomic mass is 15.3. The molecular weight excluding hydrogens is 430 g/mol. The lowest BCUT2D eigenvalue weighted by Crippen LogP contribution is -2.11. The minimum atomic E-state index is 0.651. The largest absolute Gasteiger partial charge is 0.278 e. The summed E-state index contributed by atoms with van der Waals surface area (Å²) in [4.78, 5) is 15.0. The lowest BCUT2D eigenvalue weighted by Gasteiger charge is -2.12. The molecule has 4 aromatic carbocycles. The number of fused-ring (bicyclic) bond motifs is 6. The maximum atomic E-state index is 5.10. The van der Waals surface area contributed by atoms with E-state index < -0.39 is 0 Å². The summed E-state index contributed by atoms with van der Waals surface area (Å²) in [5, 5.41) is 4.77. The average molecular weight is 454 g/mol. The maximum Gasteiger partial charge on any atom is 0.239 e. The minimum absolute atomic E-state index is 0.651. The average Bonchev–Trinajstić information content (AvgIpc) is 3.42. The molecule has 3 aromatic heterocycles. The Kier molecular flexibility index (Phi) is 4.42. The van der Waals surface area contributed by atoms with E-state index in [2.05, 4.69) is 113 Å². The van der Waals surface area contributed by atoms with Crippen LogP contribution in [0.25, 0.3) is 55.5 Å². The summed E-state index contributed by atoms with van der Waals surface area (Å²) >= 11 is 0. The molecule has 0 bridgehead atoms. The fourth-order valence-electron chi connectivity index (χ4n) is 5.21. The third kappa shape index (κ3) is 2.98. The van der Waals surface area contributed by atoms with Crippen molar-refractivity contribution in [1.82, 2.24) is 24.1 Å². The molecule has 3 heterocycles. The number of nitrogens with zero attached hydrogens (tertiary/aromatic N) is 5. The van der Waals surface area contributed by atoms with E-state index in [1.165, 1.54) is 21.5 Å². The third-order valence-electron chi connectivity index (χ3n) is 6.69. The first-order chi connectivity index (χ1) is 17.3. The van der Waals surface area contributed by atoms with Gasteiger partial charge in [-0.1, -0.05) is 79.7 Å². The van der Waals surface area contributed by atoms with E-state index in [1.807, 2.05) is 0 Å². The van der Waals surface area contributed by atoms with Gasteiger partial charge >= 0.3 is 0 Å². The molecule has 35 heavy (non-hydrogen) atoms. The topological polar surface area (TPSA) is 48.5 Å². The van der Waals surface area contributed by atoms with E-state index in [1.54, 1.807) is 0 Å². The van der Waals surface area contributed by atoms with Crippen molar-refractivity contribution in [2.24, 2.45) is 0 Å². The van der Waals surface area contributed by atoms with Crippen molar-refractivity contribution in [1.29, 1.82) is 0 Å². The van der Waals surface area contributed by atoms with E-state index >= 15 is 0 Å². The molecule has 0 radical (unpaired) electrons. The van der Waals surface area contributed by atoms with Gasteiger partial charge < -0.3 is 0 Å². The van der Waals surface area contributed by atoms with Gasteiger partial charge in [-0.3, -0.25) is 9.13 Å². The number of para-hydroxylation sites is 4. The zero-order chi connectivity index (χ0) is 23.4. The van der Waals surface area contributed by atoms with Gasteiger partial charge in [-0.15, -0.1) is 0 Å². The Bertz CT molecular complexity index is 1640. The quantitative estimate of drug-likeness (QED) is 0.288. The highest BCUT2D eigenvalue weighted by molar-refractivity contribution is 6.10. The lowest BCUT2D eigenvalue weighted by molar-refractivity contribution is 0.778. The summed E-state index contributed by atoms with van der Waals surface area (Å²) in [6, 6.07) is 33.8. The van der Waals surface area contributed by atoms with E-state index in [0.717, 1.165) is 40.7 Å². The summed E-state index contributed by atoms with van der Waals surface area (Å²) in [6.45, 7) is 2.16. The molecule has 0 atom stereocenters. The Morgan fingerprint density at radius 2 is 0.829 bits per heavy atom. The molecular formula is C30H23N5. The number of benzene rings is 4. The van der Waals surface area contributed by atoms with Crippen LogP contribution in [0.15, 0.2) is 97.1 Å². The highest BCUT2D eigenvalue weighted by Crippen LogP contribution is 2.33. The van der Waals surface area contributed by atoms with Gasteiger partial charge in [0.2, 0.25) is 11.9 Å². The van der Waals surface area contributed by atoms with Crippen LogP contribution in [0.4, 0.5) is 0 Å². The molecule has 7 rings (SSSR count). The smallest absolute Gasteiger partial charge is 0.239 e. The molecule has 5 nitrogen and oxygen atoms in total. The summed E-state index contributed by atoms with van der Waals surface area (Å²) in [6.07, 6.45) is 1.75. The van der Waals surface area contributed by atoms with Gasteiger partial charge in [0.25, 0.3) is 0 Å². The molecule has 0 saturated carbocycles. The lowest BCUT2D eigenvalue weighted by atomic mass is 10.2. The van der Waals surface area contributed by atoms with E-state index in [9.17, 15) is 0 Å². The number of hydrogen-bond acceptors (Lipinski definition) is 3. The van der Waals surface area contributed by atoms with E-state index in [-0.39, 0.29) is 0 Å². The first kappa shape index (κ1) is 19.9. The monoisotopic (exact) mass is 453 g/mol. The zero-order valence-electron chi connectivity index (χ0n) is 19.4. The van der Waals surface area contributed by atoms with Crippen LogP contribution in [0.2, 0.25) is 0 Å². The van der Waals surface area contributed by atoms with Crippen molar-refractivity contribution >= 4 is 43.6 Å². The van der Waals surface area contributed by atoms with Crippen LogP contribution in [0.5, 0.6) is 0 Å². The van der Waals surface area contributed by atoms with Gasteiger partial charge in [-0.2, -0.15) is 15.0 Å². The van der Waals surface area contributed by atoms with Crippen molar-refractivity contribution in [2.45, 2.75) is 19.8 Å². The molecule has 168 valence electrons. The SMILES string of the molecule is CCCc1nc(-n2c3ccccc3c3ccccc32)nc(-n2c3ccccc3c3ccccc32)n1. The van der Waals surface area contributed by atoms with Gasteiger partial charge in [0.05, 0.1) is 22.1 Å². The van der Waals surface area contributed by atoms with Crippen LogP contribution >= 0.6 is 0 Å². The molecule has 0 saturated heterocycles. The number of rotatable bonds is 4.